The molecule has 0 aliphatic rings. The Kier molecular flexibility index (Phi) is 3.22. The predicted octanol–water partition coefficient (Wildman–Crippen LogP) is 3.90. The lowest BCUT2D eigenvalue weighted by atomic mass is 10.1. The first-order chi connectivity index (χ1) is 7.66. The van der Waals surface area contributed by atoms with E-state index in [1.165, 1.54) is 11.3 Å². The fraction of sp³-hybridized carbons (Fsp3) is 0.0909. The Balaban J connectivity index is 2.23. The van der Waals surface area contributed by atoms with Crippen molar-refractivity contribution in [2.24, 2.45) is 0 Å². The highest BCUT2D eigenvalue weighted by Crippen LogP contribution is 2.34. The summed E-state index contributed by atoms with van der Waals surface area (Å²) in [6, 6.07) is 11.3. The van der Waals surface area contributed by atoms with Gasteiger partial charge in [0.15, 0.2) is 4.34 Å². The maximum Gasteiger partial charge on any atom is 0.299 e. The molecule has 3 nitrogen and oxygen atoms in total. The molecule has 1 aromatic carbocycles. The van der Waals surface area contributed by atoms with Crippen LogP contribution in [0.15, 0.2) is 36.4 Å². The quantitative estimate of drug-likeness (QED) is 0.615. The van der Waals surface area contributed by atoms with Gasteiger partial charge in [-0.15, -0.1) is 11.3 Å². The van der Waals surface area contributed by atoms with Gasteiger partial charge in [-0.25, -0.2) is 0 Å². The minimum Gasteiger partial charge on any atom is -0.258 e. The van der Waals surface area contributed by atoms with E-state index in [-0.39, 0.29) is 10.0 Å². The number of rotatable bonds is 3. The van der Waals surface area contributed by atoms with E-state index in [2.05, 4.69) is 0 Å². The molecule has 0 saturated heterocycles. The van der Waals surface area contributed by atoms with Gasteiger partial charge in [-0.05, 0) is 5.56 Å². The lowest BCUT2D eigenvalue weighted by Crippen LogP contribution is -1.85. The number of hydrogen-bond donors (Lipinski definition) is 0. The van der Waals surface area contributed by atoms with Gasteiger partial charge in [0, 0.05) is 17.4 Å². The van der Waals surface area contributed by atoms with Crippen LogP contribution < -0.4 is 0 Å². The highest BCUT2D eigenvalue weighted by atomic mass is 35.5. The SMILES string of the molecule is O=[N+]([O-])c1cc(Cc2ccccc2)sc1Cl. The second kappa shape index (κ2) is 4.63. The summed E-state index contributed by atoms with van der Waals surface area (Å²) in [6.45, 7) is 0. The van der Waals surface area contributed by atoms with Crippen LogP contribution in [0.25, 0.3) is 0 Å². The largest absolute Gasteiger partial charge is 0.299 e. The fourth-order valence-electron chi connectivity index (χ4n) is 1.41. The first kappa shape index (κ1) is 11.1. The molecular weight excluding hydrogens is 246 g/mol. The summed E-state index contributed by atoms with van der Waals surface area (Å²) in [6.07, 6.45) is 0.680. The molecule has 0 aliphatic carbocycles. The normalized spacial score (nSPS) is 10.3. The predicted molar refractivity (Wildman–Crippen MR) is 65.2 cm³/mol. The fourth-order valence-corrected chi connectivity index (χ4v) is 2.71. The third kappa shape index (κ3) is 2.40. The molecule has 0 bridgehead atoms. The summed E-state index contributed by atoms with van der Waals surface area (Å²) in [5, 5.41) is 10.6. The molecule has 16 heavy (non-hydrogen) atoms. The summed E-state index contributed by atoms with van der Waals surface area (Å²) in [5.41, 5.74) is 1.12. The van der Waals surface area contributed by atoms with E-state index in [0.717, 1.165) is 10.4 Å². The Morgan fingerprint density at radius 2 is 2.00 bits per heavy atom. The summed E-state index contributed by atoms with van der Waals surface area (Å²) in [7, 11) is 0. The molecule has 2 aromatic rings. The van der Waals surface area contributed by atoms with E-state index in [0.29, 0.717) is 6.42 Å². The number of nitrogens with zero attached hydrogens (tertiary/aromatic N) is 1. The number of halogens is 1. The van der Waals surface area contributed by atoms with Crippen LogP contribution in [0.5, 0.6) is 0 Å². The molecule has 0 spiro atoms. The Hall–Kier alpha value is -1.39. The van der Waals surface area contributed by atoms with E-state index in [1.54, 1.807) is 6.07 Å². The Morgan fingerprint density at radius 1 is 1.31 bits per heavy atom. The lowest BCUT2D eigenvalue weighted by Gasteiger charge is -1.95. The van der Waals surface area contributed by atoms with E-state index in [4.69, 9.17) is 11.6 Å². The van der Waals surface area contributed by atoms with Crippen LogP contribution in [0.1, 0.15) is 10.4 Å². The Labute approximate surface area is 101 Å². The third-order valence-electron chi connectivity index (χ3n) is 2.14. The molecular formula is C11H8ClNO2S. The van der Waals surface area contributed by atoms with E-state index >= 15 is 0 Å². The van der Waals surface area contributed by atoms with Crippen LogP contribution in [0, 0.1) is 10.1 Å². The average molecular weight is 254 g/mol. The molecule has 2 rings (SSSR count). The molecule has 1 aromatic heterocycles. The third-order valence-corrected chi connectivity index (χ3v) is 3.48. The van der Waals surface area contributed by atoms with Crippen molar-refractivity contribution in [2.45, 2.75) is 6.42 Å². The number of hydrogen-bond acceptors (Lipinski definition) is 3. The van der Waals surface area contributed by atoms with Crippen molar-refractivity contribution >= 4 is 28.6 Å². The van der Waals surface area contributed by atoms with E-state index < -0.39 is 4.92 Å². The monoisotopic (exact) mass is 253 g/mol. The van der Waals surface area contributed by atoms with Gasteiger partial charge in [-0.1, -0.05) is 41.9 Å². The average Bonchev–Trinajstić information content (AvgIpc) is 2.61. The number of benzene rings is 1. The maximum absolute atomic E-state index is 10.6. The molecule has 82 valence electrons. The Morgan fingerprint density at radius 3 is 2.56 bits per heavy atom. The van der Waals surface area contributed by atoms with Gasteiger partial charge < -0.3 is 0 Å². The van der Waals surface area contributed by atoms with Gasteiger partial charge in [0.1, 0.15) is 0 Å². The van der Waals surface area contributed by atoms with E-state index in [9.17, 15) is 10.1 Å². The maximum atomic E-state index is 10.6. The van der Waals surface area contributed by atoms with Crippen LogP contribution in [0.4, 0.5) is 5.69 Å². The lowest BCUT2D eigenvalue weighted by molar-refractivity contribution is -0.384. The van der Waals surface area contributed by atoms with Crippen molar-refractivity contribution in [3.05, 3.63) is 61.3 Å². The second-order valence-electron chi connectivity index (χ2n) is 3.29. The zero-order chi connectivity index (χ0) is 11.5. The van der Waals surface area contributed by atoms with Crippen molar-refractivity contribution < 1.29 is 4.92 Å². The summed E-state index contributed by atoms with van der Waals surface area (Å²) < 4.78 is 0.246. The van der Waals surface area contributed by atoms with Gasteiger partial charge in [0.2, 0.25) is 0 Å². The zero-order valence-electron chi connectivity index (χ0n) is 8.22. The smallest absolute Gasteiger partial charge is 0.258 e. The summed E-state index contributed by atoms with van der Waals surface area (Å²) in [5.74, 6) is 0. The molecule has 0 N–H and O–H groups in total. The van der Waals surface area contributed by atoms with Crippen LogP contribution in [0.3, 0.4) is 0 Å². The molecule has 0 aliphatic heterocycles. The highest BCUT2D eigenvalue weighted by Gasteiger charge is 2.16. The Bertz CT molecular complexity index is 510. The van der Waals surface area contributed by atoms with Gasteiger partial charge in [-0.3, -0.25) is 10.1 Å². The molecule has 0 atom stereocenters. The number of thiophene rings is 1. The van der Waals surface area contributed by atoms with Gasteiger partial charge in [0.05, 0.1) is 4.92 Å². The zero-order valence-corrected chi connectivity index (χ0v) is 9.79. The van der Waals surface area contributed by atoms with Crippen molar-refractivity contribution in [2.75, 3.05) is 0 Å². The summed E-state index contributed by atoms with van der Waals surface area (Å²) >= 11 is 7.04. The minimum atomic E-state index is -0.451. The van der Waals surface area contributed by atoms with Crippen molar-refractivity contribution in [3.8, 4) is 0 Å². The topological polar surface area (TPSA) is 43.1 Å². The van der Waals surface area contributed by atoms with Crippen molar-refractivity contribution in [1.82, 2.24) is 0 Å². The standard InChI is InChI=1S/C11H8ClNO2S/c12-11-10(13(14)15)7-9(16-11)6-8-4-2-1-3-5-8/h1-5,7H,6H2. The first-order valence-electron chi connectivity index (χ1n) is 4.63. The molecule has 0 radical (unpaired) electrons. The van der Waals surface area contributed by atoms with Gasteiger partial charge in [0.25, 0.3) is 5.69 Å². The van der Waals surface area contributed by atoms with Gasteiger partial charge in [-0.2, -0.15) is 0 Å². The molecule has 0 fully saturated rings. The van der Waals surface area contributed by atoms with Crippen molar-refractivity contribution in [1.29, 1.82) is 0 Å². The van der Waals surface area contributed by atoms with Crippen LogP contribution in [0.2, 0.25) is 4.34 Å². The van der Waals surface area contributed by atoms with Gasteiger partial charge >= 0.3 is 0 Å². The molecule has 5 heteroatoms. The van der Waals surface area contributed by atoms with Crippen LogP contribution in [-0.2, 0) is 6.42 Å². The molecule has 1 heterocycles. The first-order valence-corrected chi connectivity index (χ1v) is 5.83. The molecule has 0 saturated carbocycles. The highest BCUT2D eigenvalue weighted by molar-refractivity contribution is 7.16. The molecule has 0 unspecified atom stereocenters. The minimum absolute atomic E-state index is 0.00222. The van der Waals surface area contributed by atoms with E-state index in [1.807, 2.05) is 30.3 Å². The molecule has 0 amide bonds. The second-order valence-corrected chi connectivity index (χ2v) is 5.03. The van der Waals surface area contributed by atoms with Crippen LogP contribution in [-0.4, -0.2) is 4.92 Å². The van der Waals surface area contributed by atoms with Crippen molar-refractivity contribution in [3.63, 3.8) is 0 Å². The van der Waals surface area contributed by atoms with Crippen LogP contribution >= 0.6 is 22.9 Å². The summed E-state index contributed by atoms with van der Waals surface area (Å²) in [4.78, 5) is 11.1. The number of nitro groups is 1.